The van der Waals surface area contributed by atoms with Crippen LogP contribution in [0.15, 0.2) is 54.6 Å². The lowest BCUT2D eigenvalue weighted by Gasteiger charge is -2.35. The van der Waals surface area contributed by atoms with Crippen LogP contribution in [0.4, 0.5) is 8.78 Å². The number of aliphatic hydroxyl groups is 1. The fraction of sp³-hybridized carbons (Fsp3) is 0.448. The maximum atomic E-state index is 13.4. The van der Waals surface area contributed by atoms with Crippen molar-refractivity contribution in [1.29, 1.82) is 0 Å². The van der Waals surface area contributed by atoms with E-state index in [1.165, 1.54) is 36.4 Å². The van der Waals surface area contributed by atoms with Crippen LogP contribution in [-0.4, -0.2) is 82.6 Å². The number of β-amino-alcohol motifs (C(OH)–C–C–N with tert-alkyl or cyclic N) is 1. The van der Waals surface area contributed by atoms with Gasteiger partial charge in [0.1, 0.15) is 30.1 Å². The molecule has 8 nitrogen and oxygen atoms in total. The Bertz CT molecular complexity index is 1190. The van der Waals surface area contributed by atoms with Crippen LogP contribution < -0.4 is 10.1 Å². The molecule has 39 heavy (non-hydrogen) atoms. The minimum Gasteiger partial charge on any atom is -0.491 e. The predicted molar refractivity (Wildman–Crippen MR) is 145 cm³/mol. The zero-order valence-corrected chi connectivity index (χ0v) is 22.5. The number of carbonyl (C=O) groups excluding carboxylic acids is 1. The van der Waals surface area contributed by atoms with E-state index in [4.69, 9.17) is 4.74 Å². The number of nitrogens with one attached hydrogen (secondary N) is 1. The number of amides is 1. The van der Waals surface area contributed by atoms with Gasteiger partial charge >= 0.3 is 0 Å². The molecule has 2 aromatic carbocycles. The molecule has 0 saturated carbocycles. The molecule has 210 valence electrons. The number of aliphatic hydroxyl groups excluding tert-OH is 1. The van der Waals surface area contributed by atoms with Gasteiger partial charge in [-0.25, -0.2) is 13.5 Å². The Hall–Kier alpha value is -3.34. The smallest absolute Gasteiger partial charge is 0.234 e. The normalized spacial score (nSPS) is 15.4. The van der Waals surface area contributed by atoms with Gasteiger partial charge in [0, 0.05) is 38.4 Å². The predicted octanol–water partition coefficient (Wildman–Crippen LogP) is 3.02. The summed E-state index contributed by atoms with van der Waals surface area (Å²) in [5.41, 5.74) is 2.56. The molecule has 0 unspecified atom stereocenters. The highest BCUT2D eigenvalue weighted by atomic mass is 19.1. The Morgan fingerprint density at radius 1 is 1.00 bits per heavy atom. The van der Waals surface area contributed by atoms with Gasteiger partial charge in [-0.15, -0.1) is 0 Å². The molecule has 1 aromatic heterocycles. The second kappa shape index (κ2) is 13.6. The van der Waals surface area contributed by atoms with Crippen molar-refractivity contribution in [2.75, 3.05) is 45.9 Å². The van der Waals surface area contributed by atoms with Crippen LogP contribution in [0.5, 0.6) is 5.75 Å². The second-order valence-corrected chi connectivity index (χ2v) is 10.4. The highest BCUT2D eigenvalue weighted by Crippen LogP contribution is 2.17. The first-order valence-corrected chi connectivity index (χ1v) is 13.4. The molecule has 2 N–H and O–H groups in total. The monoisotopic (exact) mass is 541 g/mol. The number of hydrogen-bond donors (Lipinski definition) is 2. The molecular weight excluding hydrogens is 504 g/mol. The Kier molecular flexibility index (Phi) is 10.0. The van der Waals surface area contributed by atoms with Crippen LogP contribution in [0.1, 0.15) is 25.2 Å². The van der Waals surface area contributed by atoms with E-state index < -0.39 is 6.10 Å². The standard InChI is InChI=1S/C29H37F2N5O3/c1-21(2)15-26-16-24(33-36(26)25-7-3-22(30)4-8-25)17-32-29(38)19-35-13-11-34(12-14-35)18-27(37)20-39-28-9-5-23(31)6-10-28/h3-10,16,21,27,37H,11-15,17-20H2,1-2H3,(H,32,38)/t27-/m1/s1. The Morgan fingerprint density at radius 2 is 1.62 bits per heavy atom. The van der Waals surface area contributed by atoms with Crippen molar-refractivity contribution >= 4 is 5.91 Å². The van der Waals surface area contributed by atoms with Crippen molar-refractivity contribution in [2.45, 2.75) is 32.9 Å². The largest absolute Gasteiger partial charge is 0.491 e. The van der Waals surface area contributed by atoms with E-state index >= 15 is 0 Å². The second-order valence-electron chi connectivity index (χ2n) is 10.4. The zero-order chi connectivity index (χ0) is 27.8. The molecule has 1 fully saturated rings. The number of aromatic nitrogens is 2. The van der Waals surface area contributed by atoms with Crippen molar-refractivity contribution in [2.24, 2.45) is 5.92 Å². The number of nitrogens with zero attached hydrogens (tertiary/aromatic N) is 4. The van der Waals surface area contributed by atoms with Gasteiger partial charge in [0.05, 0.1) is 24.5 Å². The number of ether oxygens (including phenoxy) is 1. The van der Waals surface area contributed by atoms with E-state index in [-0.39, 0.29) is 24.1 Å². The van der Waals surface area contributed by atoms with Crippen LogP contribution in [0.3, 0.4) is 0 Å². The van der Waals surface area contributed by atoms with Gasteiger partial charge in [-0.05, 0) is 66.9 Å². The minimum absolute atomic E-state index is 0.0714. The van der Waals surface area contributed by atoms with Crippen molar-refractivity contribution < 1.29 is 23.4 Å². The molecule has 10 heteroatoms. The Balaban J connectivity index is 1.19. The van der Waals surface area contributed by atoms with Crippen molar-refractivity contribution in [1.82, 2.24) is 24.9 Å². The first kappa shape index (κ1) is 28.7. The lowest BCUT2D eigenvalue weighted by Crippen LogP contribution is -2.51. The summed E-state index contributed by atoms with van der Waals surface area (Å²) >= 11 is 0. The number of piperazine rings is 1. The van der Waals surface area contributed by atoms with Gasteiger partial charge in [0.15, 0.2) is 0 Å². The van der Waals surface area contributed by atoms with Gasteiger partial charge in [0.25, 0.3) is 0 Å². The van der Waals surface area contributed by atoms with Gasteiger partial charge < -0.3 is 15.2 Å². The minimum atomic E-state index is -0.666. The number of rotatable bonds is 12. The highest BCUT2D eigenvalue weighted by Gasteiger charge is 2.21. The summed E-state index contributed by atoms with van der Waals surface area (Å²) in [6.45, 7) is 8.38. The third kappa shape index (κ3) is 8.84. The third-order valence-corrected chi connectivity index (χ3v) is 6.55. The molecule has 1 aliphatic rings. The van der Waals surface area contributed by atoms with E-state index in [0.717, 1.165) is 49.7 Å². The lowest BCUT2D eigenvalue weighted by molar-refractivity contribution is -0.122. The van der Waals surface area contributed by atoms with E-state index in [0.29, 0.717) is 31.3 Å². The SMILES string of the molecule is CC(C)Cc1cc(CNC(=O)CN2CCN(C[C@@H](O)COc3ccc(F)cc3)CC2)nn1-c1ccc(F)cc1. The fourth-order valence-electron chi connectivity index (χ4n) is 4.58. The van der Waals surface area contributed by atoms with Crippen LogP contribution in [0, 0.1) is 17.6 Å². The van der Waals surface area contributed by atoms with Gasteiger partial charge in [-0.3, -0.25) is 14.6 Å². The molecule has 2 heterocycles. The summed E-state index contributed by atoms with van der Waals surface area (Å²) < 4.78 is 33.7. The lowest BCUT2D eigenvalue weighted by atomic mass is 10.1. The summed E-state index contributed by atoms with van der Waals surface area (Å²) in [5, 5.41) is 18.0. The number of halogens is 2. The zero-order valence-electron chi connectivity index (χ0n) is 22.5. The summed E-state index contributed by atoms with van der Waals surface area (Å²) in [5.74, 6) is 0.243. The topological polar surface area (TPSA) is 82.9 Å². The number of benzene rings is 2. The van der Waals surface area contributed by atoms with Crippen molar-refractivity contribution in [3.63, 3.8) is 0 Å². The molecule has 0 spiro atoms. The first-order chi connectivity index (χ1) is 18.7. The van der Waals surface area contributed by atoms with Crippen LogP contribution in [-0.2, 0) is 17.8 Å². The van der Waals surface area contributed by atoms with Gasteiger partial charge in [0.2, 0.25) is 5.91 Å². The summed E-state index contributed by atoms with van der Waals surface area (Å²) in [4.78, 5) is 16.9. The van der Waals surface area contributed by atoms with Gasteiger partial charge in [-0.1, -0.05) is 13.8 Å². The van der Waals surface area contributed by atoms with Crippen molar-refractivity contribution in [3.8, 4) is 11.4 Å². The maximum Gasteiger partial charge on any atom is 0.234 e. The molecule has 0 aliphatic carbocycles. The molecule has 3 aromatic rings. The third-order valence-electron chi connectivity index (χ3n) is 6.55. The first-order valence-electron chi connectivity index (χ1n) is 13.4. The molecule has 4 rings (SSSR count). The molecule has 0 radical (unpaired) electrons. The number of hydrogen-bond acceptors (Lipinski definition) is 6. The maximum absolute atomic E-state index is 13.4. The van der Waals surface area contributed by atoms with Crippen LogP contribution in [0.2, 0.25) is 0 Å². The van der Waals surface area contributed by atoms with E-state index in [2.05, 4.69) is 34.1 Å². The van der Waals surface area contributed by atoms with Gasteiger partial charge in [-0.2, -0.15) is 5.10 Å². The molecular formula is C29H37F2N5O3. The fourth-order valence-corrected chi connectivity index (χ4v) is 4.58. The van der Waals surface area contributed by atoms with E-state index in [1.807, 2.05) is 10.7 Å². The Morgan fingerprint density at radius 3 is 2.26 bits per heavy atom. The molecule has 1 atom stereocenters. The summed E-state index contributed by atoms with van der Waals surface area (Å²) in [7, 11) is 0. The molecule has 1 aliphatic heterocycles. The molecule has 1 saturated heterocycles. The average molecular weight is 542 g/mol. The Labute approximate surface area is 228 Å². The highest BCUT2D eigenvalue weighted by molar-refractivity contribution is 5.78. The summed E-state index contributed by atoms with van der Waals surface area (Å²) in [6, 6.07) is 13.9. The molecule has 0 bridgehead atoms. The van der Waals surface area contributed by atoms with Crippen LogP contribution >= 0.6 is 0 Å². The molecule has 1 amide bonds. The van der Waals surface area contributed by atoms with E-state index in [9.17, 15) is 18.7 Å². The van der Waals surface area contributed by atoms with Crippen LogP contribution in [0.25, 0.3) is 5.69 Å². The summed E-state index contributed by atoms with van der Waals surface area (Å²) in [6.07, 6.45) is 0.149. The number of carbonyl (C=O) groups is 1. The van der Waals surface area contributed by atoms with E-state index in [1.54, 1.807) is 12.1 Å². The van der Waals surface area contributed by atoms with Crippen molar-refractivity contribution in [3.05, 3.63) is 77.6 Å². The average Bonchev–Trinajstić information content (AvgIpc) is 3.30. The quantitative estimate of drug-likeness (QED) is 0.367.